The summed E-state index contributed by atoms with van der Waals surface area (Å²) in [6.45, 7) is 1.71. The molecule has 0 radical (unpaired) electrons. The number of aromatic amines is 1. The molecule has 2 aliphatic rings. The van der Waals surface area contributed by atoms with E-state index in [4.69, 9.17) is 9.25 Å². The van der Waals surface area contributed by atoms with E-state index in [9.17, 15) is 9.59 Å². The Kier molecular flexibility index (Phi) is 4.83. The van der Waals surface area contributed by atoms with E-state index >= 15 is 0 Å². The minimum atomic E-state index is -0.472. The molecular weight excluding hydrogens is 382 g/mol. The van der Waals surface area contributed by atoms with Gasteiger partial charge in [-0.3, -0.25) is 9.78 Å². The molecule has 2 aromatic carbocycles. The van der Waals surface area contributed by atoms with Crippen LogP contribution in [0.5, 0.6) is 5.75 Å². The monoisotopic (exact) mass is 407 g/mol. The van der Waals surface area contributed by atoms with E-state index in [2.05, 4.69) is 22.6 Å². The Hall–Kier alpha value is -3.06. The summed E-state index contributed by atoms with van der Waals surface area (Å²) in [5.74, 6) is 0.403. The van der Waals surface area contributed by atoms with Crippen LogP contribution in [-0.2, 0) is 11.2 Å². The number of H-pyrrole nitrogens is 1. The zero-order valence-electron chi connectivity index (χ0n) is 16.7. The van der Waals surface area contributed by atoms with Crippen molar-refractivity contribution in [2.45, 2.75) is 38.1 Å². The molecule has 7 nitrogen and oxygen atoms in total. The lowest BCUT2D eigenvalue weighted by molar-refractivity contribution is -0.155. The maximum absolute atomic E-state index is 12.4. The number of oxazole rings is 1. The van der Waals surface area contributed by atoms with Gasteiger partial charge in [0.25, 0.3) is 0 Å². The predicted octanol–water partition coefficient (Wildman–Crippen LogP) is 3.02. The summed E-state index contributed by atoms with van der Waals surface area (Å²) in [5, 5.41) is 0. The first kappa shape index (κ1) is 18.9. The molecule has 1 spiro atoms. The van der Waals surface area contributed by atoms with E-state index in [0.29, 0.717) is 23.3 Å². The highest BCUT2D eigenvalue weighted by Gasteiger charge is 2.53. The third-order valence-electron chi connectivity index (χ3n) is 6.20. The average molecular weight is 407 g/mol. The van der Waals surface area contributed by atoms with Gasteiger partial charge in [-0.2, -0.15) is 5.48 Å². The minimum absolute atomic E-state index is 0.257. The van der Waals surface area contributed by atoms with E-state index in [1.165, 1.54) is 5.56 Å². The van der Waals surface area contributed by atoms with E-state index in [0.717, 1.165) is 38.8 Å². The predicted molar refractivity (Wildman–Crippen MR) is 112 cm³/mol. The average Bonchev–Trinajstić information content (AvgIpc) is 3.05. The van der Waals surface area contributed by atoms with Crippen LogP contribution >= 0.6 is 0 Å². The lowest BCUT2D eigenvalue weighted by Crippen LogP contribution is -2.67. The van der Waals surface area contributed by atoms with Crippen LogP contribution in [0.2, 0.25) is 0 Å². The van der Waals surface area contributed by atoms with Crippen molar-refractivity contribution < 1.29 is 14.0 Å². The summed E-state index contributed by atoms with van der Waals surface area (Å²) < 4.78 is 5.05. The Labute approximate surface area is 174 Å². The van der Waals surface area contributed by atoms with Gasteiger partial charge >= 0.3 is 5.76 Å². The van der Waals surface area contributed by atoms with Crippen molar-refractivity contribution >= 4 is 17.0 Å². The van der Waals surface area contributed by atoms with Crippen molar-refractivity contribution in [3.8, 4) is 5.75 Å². The molecule has 1 aromatic heterocycles. The number of aryl methyl sites for hydroxylation is 1. The highest BCUT2D eigenvalue weighted by atomic mass is 16.6. The number of nitrogens with one attached hydrogen (secondary N) is 2. The number of hydrogen-bond acceptors (Lipinski definition) is 5. The van der Waals surface area contributed by atoms with Gasteiger partial charge in [0.05, 0.1) is 5.52 Å². The van der Waals surface area contributed by atoms with Gasteiger partial charge in [0.2, 0.25) is 5.91 Å². The van der Waals surface area contributed by atoms with Crippen molar-refractivity contribution in [3.05, 3.63) is 64.6 Å². The number of amides is 1. The molecule has 30 heavy (non-hydrogen) atoms. The van der Waals surface area contributed by atoms with Crippen molar-refractivity contribution in [2.75, 3.05) is 13.1 Å². The maximum Gasteiger partial charge on any atom is 0.417 e. The van der Waals surface area contributed by atoms with E-state index in [-0.39, 0.29) is 17.4 Å². The fourth-order valence-corrected chi connectivity index (χ4v) is 4.65. The maximum atomic E-state index is 12.4. The third-order valence-corrected chi connectivity index (χ3v) is 6.20. The molecular formula is C23H25N3O4. The first-order chi connectivity index (χ1) is 14.6. The van der Waals surface area contributed by atoms with Gasteiger partial charge in [0.15, 0.2) is 11.3 Å². The third kappa shape index (κ3) is 3.85. The zero-order chi connectivity index (χ0) is 20.6. The molecule has 0 unspecified atom stereocenters. The summed E-state index contributed by atoms with van der Waals surface area (Å²) in [7, 11) is 0. The number of rotatable bonds is 7. The molecule has 7 heteroatoms. The number of hydrogen-bond donors (Lipinski definition) is 2. The normalized spacial score (nSPS) is 17.7. The summed E-state index contributed by atoms with van der Waals surface area (Å²) in [6.07, 6.45) is 4.47. The molecule has 5 rings (SSSR count). The standard InChI is InChI=1S/C23H25N3O4/c27-21(8-4-7-16-5-2-1-3-6-16)26-14-23(15-26)12-17(13-23)25-30-18-9-10-19-20(11-18)29-22(28)24-19/h1-3,5-6,9-11,17,25H,4,7-8,12-15H2,(H,24,28). The first-order valence-corrected chi connectivity index (χ1v) is 10.5. The Morgan fingerprint density at radius 1 is 1.20 bits per heavy atom. The van der Waals surface area contributed by atoms with E-state index in [1.54, 1.807) is 18.2 Å². The van der Waals surface area contributed by atoms with Crippen molar-refractivity contribution in [1.29, 1.82) is 0 Å². The summed E-state index contributed by atoms with van der Waals surface area (Å²) >= 11 is 0. The van der Waals surface area contributed by atoms with Gasteiger partial charge in [-0.05, 0) is 43.4 Å². The molecule has 1 aliphatic heterocycles. The Balaban J connectivity index is 1.02. The van der Waals surface area contributed by atoms with Gasteiger partial charge in [-0.1, -0.05) is 30.3 Å². The van der Waals surface area contributed by atoms with Crippen LogP contribution in [0, 0.1) is 5.41 Å². The SMILES string of the molecule is O=C(CCCc1ccccc1)N1CC2(CC(NOc3ccc4[nH]c(=O)oc4c3)C2)C1. The molecule has 1 saturated carbocycles. The van der Waals surface area contributed by atoms with Crippen LogP contribution in [0.3, 0.4) is 0 Å². The Morgan fingerprint density at radius 3 is 2.80 bits per heavy atom. The number of aromatic nitrogens is 1. The molecule has 2 heterocycles. The lowest BCUT2D eigenvalue weighted by atomic mass is 9.61. The molecule has 2 fully saturated rings. The highest BCUT2D eigenvalue weighted by molar-refractivity contribution is 5.77. The smallest absolute Gasteiger partial charge is 0.408 e. The molecule has 0 bridgehead atoms. The summed E-state index contributed by atoms with van der Waals surface area (Å²) in [6, 6.07) is 15.8. The topological polar surface area (TPSA) is 87.6 Å². The number of fused-ring (bicyclic) bond motifs is 1. The van der Waals surface area contributed by atoms with Crippen LogP contribution in [-0.4, -0.2) is 34.9 Å². The Morgan fingerprint density at radius 2 is 2.00 bits per heavy atom. The van der Waals surface area contributed by atoms with Crippen LogP contribution in [0.25, 0.3) is 11.1 Å². The first-order valence-electron chi connectivity index (χ1n) is 10.5. The number of benzene rings is 2. The second kappa shape index (κ2) is 7.65. The number of hydroxylamine groups is 1. The molecule has 1 saturated heterocycles. The zero-order valence-corrected chi connectivity index (χ0v) is 16.7. The molecule has 0 atom stereocenters. The van der Waals surface area contributed by atoms with Crippen molar-refractivity contribution in [2.24, 2.45) is 5.41 Å². The van der Waals surface area contributed by atoms with Gasteiger partial charge in [0.1, 0.15) is 0 Å². The molecule has 2 N–H and O–H groups in total. The quantitative estimate of drug-likeness (QED) is 0.588. The molecule has 1 aliphatic carbocycles. The number of likely N-dealkylation sites (tertiary alicyclic amines) is 1. The van der Waals surface area contributed by atoms with Gasteiger partial charge in [0, 0.05) is 37.0 Å². The number of carbonyl (C=O) groups excluding carboxylic acids is 1. The van der Waals surface area contributed by atoms with Gasteiger partial charge in [-0.25, -0.2) is 4.79 Å². The molecule has 1 amide bonds. The summed E-state index contributed by atoms with van der Waals surface area (Å²) in [5.41, 5.74) is 5.77. The molecule has 156 valence electrons. The highest BCUT2D eigenvalue weighted by Crippen LogP contribution is 2.48. The number of nitrogens with zero attached hydrogens (tertiary/aromatic N) is 1. The fraction of sp³-hybridized carbons (Fsp3) is 0.391. The van der Waals surface area contributed by atoms with Crippen LogP contribution in [0.15, 0.2) is 57.7 Å². The van der Waals surface area contributed by atoms with E-state index in [1.807, 2.05) is 23.1 Å². The second-order valence-corrected chi connectivity index (χ2v) is 8.59. The van der Waals surface area contributed by atoms with Gasteiger partial charge < -0.3 is 14.2 Å². The van der Waals surface area contributed by atoms with Crippen LogP contribution in [0.1, 0.15) is 31.2 Å². The number of carbonyl (C=O) groups is 1. The van der Waals surface area contributed by atoms with Gasteiger partial charge in [-0.15, -0.1) is 0 Å². The summed E-state index contributed by atoms with van der Waals surface area (Å²) in [4.78, 5) is 33.9. The van der Waals surface area contributed by atoms with Crippen LogP contribution < -0.4 is 16.1 Å². The second-order valence-electron chi connectivity index (χ2n) is 8.59. The van der Waals surface area contributed by atoms with Crippen molar-refractivity contribution in [1.82, 2.24) is 15.4 Å². The largest absolute Gasteiger partial charge is 0.417 e. The van der Waals surface area contributed by atoms with Crippen LogP contribution in [0.4, 0.5) is 0 Å². The van der Waals surface area contributed by atoms with Crippen molar-refractivity contribution in [3.63, 3.8) is 0 Å². The fourth-order valence-electron chi connectivity index (χ4n) is 4.65. The minimum Gasteiger partial charge on any atom is -0.408 e. The van der Waals surface area contributed by atoms with E-state index < -0.39 is 5.76 Å². The molecule has 3 aromatic rings. The lowest BCUT2D eigenvalue weighted by Gasteiger charge is -2.58. The Bertz CT molecular complexity index is 1090.